The Morgan fingerprint density at radius 2 is 1.85 bits per heavy atom. The maximum Gasteiger partial charge on any atom is 0.264 e. The Morgan fingerprint density at radius 3 is 2.44 bits per heavy atom. The van der Waals surface area contributed by atoms with Crippen LogP contribution in [0.4, 0.5) is 5.69 Å². The molecule has 5 heteroatoms. The summed E-state index contributed by atoms with van der Waals surface area (Å²) in [6.45, 7) is 9.69. The van der Waals surface area contributed by atoms with Crippen molar-refractivity contribution in [3.8, 4) is 0 Å². The number of carbonyl (C=O) groups is 2. The van der Waals surface area contributed by atoms with Gasteiger partial charge in [0.25, 0.3) is 5.91 Å². The Morgan fingerprint density at radius 1 is 1.22 bits per heavy atom. The molecule has 0 fully saturated rings. The number of aryl methyl sites for hydroxylation is 3. The quantitative estimate of drug-likeness (QED) is 0.569. The van der Waals surface area contributed by atoms with Crippen LogP contribution in [0.15, 0.2) is 47.5 Å². The van der Waals surface area contributed by atoms with Crippen molar-refractivity contribution in [2.45, 2.75) is 32.8 Å². The SMILES string of the molecule is C=CCN1C(=O)C(O)(CC(=O)c2c(C)cc(C)cc2C)c2cc(Br)ccc21. The first kappa shape index (κ1) is 19.5. The van der Waals surface area contributed by atoms with Crippen molar-refractivity contribution in [2.24, 2.45) is 0 Å². The number of carbonyl (C=O) groups excluding carboxylic acids is 2. The Balaban J connectivity index is 2.06. The minimum Gasteiger partial charge on any atom is -0.375 e. The Bertz CT molecular complexity index is 943. The van der Waals surface area contributed by atoms with Gasteiger partial charge in [-0.25, -0.2) is 0 Å². The fraction of sp³-hybridized carbons (Fsp3) is 0.273. The number of nitrogens with zero attached hydrogens (tertiary/aromatic N) is 1. The number of ketones is 1. The molecule has 1 atom stereocenters. The zero-order valence-electron chi connectivity index (χ0n) is 15.7. The fourth-order valence-corrected chi connectivity index (χ4v) is 4.31. The van der Waals surface area contributed by atoms with Gasteiger partial charge in [0, 0.05) is 22.1 Å². The number of amides is 1. The standard InChI is InChI=1S/C22H22BrNO3/c1-5-8-24-18-7-6-16(23)11-17(18)22(27,21(24)26)12-19(25)20-14(3)9-13(2)10-15(20)4/h5-7,9-11,27H,1,8,12H2,2-4H3. The lowest BCUT2D eigenvalue weighted by Gasteiger charge is -2.23. The number of aliphatic hydroxyl groups is 1. The van der Waals surface area contributed by atoms with Gasteiger partial charge in [0.1, 0.15) is 0 Å². The van der Waals surface area contributed by atoms with E-state index in [4.69, 9.17) is 0 Å². The van der Waals surface area contributed by atoms with Gasteiger partial charge in [-0.1, -0.05) is 39.7 Å². The summed E-state index contributed by atoms with van der Waals surface area (Å²) in [6.07, 6.45) is 1.30. The predicted octanol–water partition coefficient (Wildman–Crippen LogP) is 4.37. The molecule has 0 aromatic heterocycles. The van der Waals surface area contributed by atoms with E-state index in [2.05, 4.69) is 22.5 Å². The van der Waals surface area contributed by atoms with Gasteiger partial charge in [0.2, 0.25) is 0 Å². The Kier molecular flexibility index (Phi) is 5.10. The average Bonchev–Trinajstić information content (AvgIpc) is 2.76. The third-order valence-electron chi connectivity index (χ3n) is 4.98. The number of fused-ring (bicyclic) bond motifs is 1. The van der Waals surface area contributed by atoms with Crippen molar-refractivity contribution in [1.29, 1.82) is 0 Å². The van der Waals surface area contributed by atoms with Crippen molar-refractivity contribution in [3.63, 3.8) is 0 Å². The van der Waals surface area contributed by atoms with Crippen LogP contribution in [-0.4, -0.2) is 23.3 Å². The largest absolute Gasteiger partial charge is 0.375 e. The highest BCUT2D eigenvalue weighted by Crippen LogP contribution is 2.44. The van der Waals surface area contributed by atoms with Crippen molar-refractivity contribution < 1.29 is 14.7 Å². The predicted molar refractivity (Wildman–Crippen MR) is 110 cm³/mol. The Hall–Kier alpha value is -2.24. The molecule has 0 saturated carbocycles. The van der Waals surface area contributed by atoms with Crippen LogP contribution >= 0.6 is 15.9 Å². The zero-order chi connectivity index (χ0) is 19.9. The summed E-state index contributed by atoms with van der Waals surface area (Å²) in [5, 5.41) is 11.3. The van der Waals surface area contributed by atoms with Crippen LogP contribution in [0.2, 0.25) is 0 Å². The van der Waals surface area contributed by atoms with Crippen molar-refractivity contribution in [1.82, 2.24) is 0 Å². The maximum absolute atomic E-state index is 13.1. The number of hydrogen-bond donors (Lipinski definition) is 1. The summed E-state index contributed by atoms with van der Waals surface area (Å²) in [5.41, 5.74) is 2.51. The molecule has 0 saturated heterocycles. The van der Waals surface area contributed by atoms with Crippen molar-refractivity contribution in [3.05, 3.63) is 75.3 Å². The molecule has 2 aromatic carbocycles. The van der Waals surface area contributed by atoms with Gasteiger partial charge >= 0.3 is 0 Å². The molecule has 27 heavy (non-hydrogen) atoms. The third-order valence-corrected chi connectivity index (χ3v) is 5.47. The number of benzene rings is 2. The summed E-state index contributed by atoms with van der Waals surface area (Å²) in [6, 6.07) is 9.17. The molecule has 4 nitrogen and oxygen atoms in total. The van der Waals surface area contributed by atoms with Crippen LogP contribution in [0.3, 0.4) is 0 Å². The highest BCUT2D eigenvalue weighted by atomic mass is 79.9. The average molecular weight is 428 g/mol. The van der Waals surface area contributed by atoms with Gasteiger partial charge in [-0.3, -0.25) is 9.59 Å². The van der Waals surface area contributed by atoms with Crippen LogP contribution in [0.5, 0.6) is 0 Å². The Labute approximate surface area is 167 Å². The summed E-state index contributed by atoms with van der Waals surface area (Å²) in [7, 11) is 0. The molecule has 3 rings (SSSR count). The highest BCUT2D eigenvalue weighted by molar-refractivity contribution is 9.10. The van der Waals surface area contributed by atoms with Crippen LogP contribution < -0.4 is 4.90 Å². The van der Waals surface area contributed by atoms with E-state index in [0.717, 1.165) is 21.2 Å². The number of Topliss-reactive ketones (excluding diaryl/α,β-unsaturated/α-hetero) is 1. The van der Waals surface area contributed by atoms with E-state index in [1.165, 1.54) is 4.90 Å². The maximum atomic E-state index is 13.1. The second-order valence-electron chi connectivity index (χ2n) is 7.10. The van der Waals surface area contributed by atoms with Gasteiger partial charge in [0.05, 0.1) is 12.1 Å². The molecule has 1 aliphatic heterocycles. The second-order valence-corrected chi connectivity index (χ2v) is 8.02. The van der Waals surface area contributed by atoms with Crippen molar-refractivity contribution in [2.75, 3.05) is 11.4 Å². The van der Waals surface area contributed by atoms with E-state index in [1.54, 1.807) is 18.2 Å². The van der Waals surface area contributed by atoms with Gasteiger partial charge in [0.15, 0.2) is 11.4 Å². The van der Waals surface area contributed by atoms with E-state index in [1.807, 2.05) is 39.0 Å². The molecule has 0 bridgehead atoms. The molecule has 1 aliphatic rings. The number of hydrogen-bond acceptors (Lipinski definition) is 3. The monoisotopic (exact) mass is 427 g/mol. The number of anilines is 1. The van der Waals surface area contributed by atoms with Crippen molar-refractivity contribution >= 4 is 33.3 Å². The summed E-state index contributed by atoms with van der Waals surface area (Å²) in [4.78, 5) is 27.6. The normalized spacial score (nSPS) is 18.6. The number of rotatable bonds is 5. The lowest BCUT2D eigenvalue weighted by Crippen LogP contribution is -2.42. The minimum atomic E-state index is -1.89. The molecule has 0 aliphatic carbocycles. The fourth-order valence-electron chi connectivity index (χ4n) is 3.94. The van der Waals surface area contributed by atoms with E-state index in [-0.39, 0.29) is 18.7 Å². The summed E-state index contributed by atoms with van der Waals surface area (Å²) in [5.74, 6) is -0.738. The summed E-state index contributed by atoms with van der Waals surface area (Å²) >= 11 is 3.39. The first-order valence-corrected chi connectivity index (χ1v) is 9.54. The molecule has 1 amide bonds. The number of halogens is 1. The molecule has 1 unspecified atom stereocenters. The molecular weight excluding hydrogens is 406 g/mol. The summed E-state index contributed by atoms with van der Waals surface area (Å²) < 4.78 is 0.739. The molecule has 0 radical (unpaired) electrons. The second kappa shape index (κ2) is 7.06. The molecule has 140 valence electrons. The topological polar surface area (TPSA) is 57.6 Å². The van der Waals surface area contributed by atoms with Crippen LogP contribution in [0.25, 0.3) is 0 Å². The molecule has 1 heterocycles. The van der Waals surface area contributed by atoms with Crippen LogP contribution in [0, 0.1) is 20.8 Å². The van der Waals surface area contributed by atoms with Gasteiger partial charge in [-0.15, -0.1) is 6.58 Å². The van der Waals surface area contributed by atoms with E-state index < -0.39 is 11.5 Å². The lowest BCUT2D eigenvalue weighted by atomic mass is 9.85. The molecular formula is C22H22BrNO3. The minimum absolute atomic E-state index is 0.243. The highest BCUT2D eigenvalue weighted by Gasteiger charge is 2.50. The van der Waals surface area contributed by atoms with Crippen LogP contribution in [-0.2, 0) is 10.4 Å². The molecule has 0 spiro atoms. The van der Waals surface area contributed by atoms with E-state index >= 15 is 0 Å². The van der Waals surface area contributed by atoms with Gasteiger partial charge in [-0.2, -0.15) is 0 Å². The molecule has 1 N–H and O–H groups in total. The van der Waals surface area contributed by atoms with Gasteiger partial charge in [-0.05, 0) is 50.1 Å². The third kappa shape index (κ3) is 3.26. The molecule has 2 aromatic rings. The van der Waals surface area contributed by atoms with E-state index in [9.17, 15) is 14.7 Å². The van der Waals surface area contributed by atoms with Gasteiger partial charge < -0.3 is 10.0 Å². The zero-order valence-corrected chi connectivity index (χ0v) is 17.3. The van der Waals surface area contributed by atoms with E-state index in [0.29, 0.717) is 16.8 Å². The van der Waals surface area contributed by atoms with Crippen LogP contribution in [0.1, 0.15) is 39.0 Å². The smallest absolute Gasteiger partial charge is 0.264 e. The first-order chi connectivity index (χ1) is 12.7. The lowest BCUT2D eigenvalue weighted by molar-refractivity contribution is -0.135. The first-order valence-electron chi connectivity index (χ1n) is 8.75.